The number of likely N-dealkylation sites (N-methyl/N-ethyl adjacent to an activating group) is 1. The number of likely N-dealkylation sites (tertiary alicyclic amines) is 1. The van der Waals surface area contributed by atoms with Gasteiger partial charge in [0.05, 0.1) is 5.57 Å². The molecule has 2 N–H and O–H groups in total. The molecule has 7 nitrogen and oxygen atoms in total. The van der Waals surface area contributed by atoms with Gasteiger partial charge in [0.25, 0.3) is 0 Å². The second-order valence-corrected chi connectivity index (χ2v) is 11.8. The molecule has 2 fully saturated rings. The molecule has 2 heterocycles. The molecule has 248 valence electrons. The van der Waals surface area contributed by atoms with Crippen LogP contribution in [-0.4, -0.2) is 80.1 Å². The Bertz CT molecular complexity index is 1180. The summed E-state index contributed by atoms with van der Waals surface area (Å²) in [4.78, 5) is 23.4. The molecule has 0 radical (unpaired) electrons. The Kier molecular flexibility index (Phi) is 16.6. The van der Waals surface area contributed by atoms with Crippen molar-refractivity contribution in [3.8, 4) is 0 Å². The third kappa shape index (κ3) is 11.7. The zero-order chi connectivity index (χ0) is 32.3. The molecule has 0 saturated carbocycles. The molecule has 2 aliphatic heterocycles. The van der Waals surface area contributed by atoms with Crippen molar-refractivity contribution in [1.29, 1.82) is 0 Å². The number of amidine groups is 1. The molecule has 0 aromatic heterocycles. The summed E-state index contributed by atoms with van der Waals surface area (Å²) in [7, 11) is 2.12. The topological polar surface area (TPSA) is 63.2 Å². The van der Waals surface area contributed by atoms with Gasteiger partial charge in [-0.15, -0.1) is 0 Å². The molecular weight excluding hydrogens is 803 g/mol. The fourth-order valence-corrected chi connectivity index (χ4v) is 5.63. The van der Waals surface area contributed by atoms with E-state index in [2.05, 4.69) is 65.4 Å². The van der Waals surface area contributed by atoms with Gasteiger partial charge in [-0.3, -0.25) is 4.79 Å². The monoisotopic (exact) mass is 854 g/mol. The van der Waals surface area contributed by atoms with E-state index in [0.717, 1.165) is 68.6 Å². The third-order valence-electron chi connectivity index (χ3n) is 8.43. The van der Waals surface area contributed by atoms with Crippen LogP contribution in [0.25, 0.3) is 0 Å². The van der Waals surface area contributed by atoms with E-state index >= 15 is 0 Å². The molecule has 2 saturated heterocycles. The number of alkyl halides is 3. The van der Waals surface area contributed by atoms with E-state index in [-0.39, 0.29) is 61.2 Å². The third-order valence-corrected chi connectivity index (χ3v) is 8.43. The number of piperazine rings is 1. The van der Waals surface area contributed by atoms with E-state index in [9.17, 15) is 18.0 Å². The van der Waals surface area contributed by atoms with Crippen LogP contribution in [0.2, 0.25) is 0 Å². The zero-order valence-corrected chi connectivity index (χ0v) is 31.6. The fraction of sp³-hybridized carbons (Fsp3) is 0.588. The van der Waals surface area contributed by atoms with Crippen LogP contribution in [-0.2, 0) is 11.2 Å². The van der Waals surface area contributed by atoms with Gasteiger partial charge in [0.2, 0.25) is 5.91 Å². The predicted octanol–water partition coefficient (Wildman–Crippen LogP) is 6.61. The van der Waals surface area contributed by atoms with Crippen LogP contribution < -0.4 is 15.5 Å². The average molecular weight is 855 g/mol. The number of carbonyl (C=O) groups is 1. The summed E-state index contributed by atoms with van der Waals surface area (Å²) in [5.41, 5.74) is 2.26. The van der Waals surface area contributed by atoms with Crippen LogP contribution in [0.15, 0.2) is 46.7 Å². The number of nitrogens with one attached hydrogen (secondary N) is 2. The summed E-state index contributed by atoms with van der Waals surface area (Å²) in [6.45, 7) is 18.3. The smallest absolute Gasteiger partial charge is 0.385 e. The number of hydrogen-bond acceptors (Lipinski definition) is 5. The van der Waals surface area contributed by atoms with Crippen molar-refractivity contribution in [1.82, 2.24) is 15.1 Å². The molecule has 1 aromatic rings. The van der Waals surface area contributed by atoms with Crippen LogP contribution >= 0.6 is 0 Å². The SMILES string of the molecule is [CH2-]CC1CCC([CH2-])N(CCCNC(=C\CCC)/C(=C\N=C(C)Nc2ccc(N3CCN(C)CC3)cc2CC)C(F)(F)F)C1=O.[U+2]. The van der Waals surface area contributed by atoms with Crippen molar-refractivity contribution in [3.63, 3.8) is 0 Å². The molecule has 0 spiro atoms. The number of hydrogen-bond donors (Lipinski definition) is 2. The van der Waals surface area contributed by atoms with Gasteiger partial charge < -0.3 is 39.2 Å². The Morgan fingerprint density at radius 3 is 2.49 bits per heavy atom. The van der Waals surface area contributed by atoms with Gasteiger partial charge in [0.15, 0.2) is 0 Å². The number of benzene rings is 1. The first kappa shape index (κ1) is 39.2. The Hall–Kier alpha value is -1.96. The number of halogens is 3. The number of unbranched alkanes of at least 4 members (excludes halogenated alkanes) is 1. The number of aryl methyl sites for hydroxylation is 1. The number of allylic oxidation sites excluding steroid dienone is 2. The molecule has 1 aromatic carbocycles. The van der Waals surface area contributed by atoms with Gasteiger partial charge in [-0.2, -0.15) is 19.6 Å². The van der Waals surface area contributed by atoms with E-state index in [1.165, 1.54) is 0 Å². The molecule has 11 heteroatoms. The zero-order valence-electron chi connectivity index (χ0n) is 27.5. The number of rotatable bonds is 13. The standard InChI is InChI=1S/C34H51F3N6O.U/c1-7-10-12-32(38-17-11-18-43-25(4)13-14-27(8-2)33(43)44)30(34(35,36)37)24-39-26(5)40-31-16-15-29(23-28(31)9-3)42-21-19-41(6)20-22-42;/h12,15-16,23-25,27,38H,2,4,7-11,13-14,17-22H2,1,3,5-6H3,(H,39,40);/q-2;+2/b30-24+,32-12-;. The predicted molar refractivity (Wildman–Crippen MR) is 176 cm³/mol. The van der Waals surface area contributed by atoms with Crippen LogP contribution in [0.1, 0.15) is 64.9 Å². The van der Waals surface area contributed by atoms with E-state index in [4.69, 9.17) is 0 Å². The first-order valence-corrected chi connectivity index (χ1v) is 16.0. The van der Waals surface area contributed by atoms with E-state index in [0.29, 0.717) is 38.1 Å². The van der Waals surface area contributed by atoms with Crippen molar-refractivity contribution in [2.75, 3.05) is 56.5 Å². The van der Waals surface area contributed by atoms with Gasteiger partial charge in [0.1, 0.15) is 5.84 Å². The summed E-state index contributed by atoms with van der Waals surface area (Å²) in [5, 5.41) is 6.21. The number of carbonyl (C=O) groups excluding carboxylic acids is 1. The van der Waals surface area contributed by atoms with Crippen molar-refractivity contribution in [2.45, 2.75) is 77.9 Å². The maximum Gasteiger partial charge on any atom is 2.00 e. The summed E-state index contributed by atoms with van der Waals surface area (Å²) in [5.74, 6) is 0.314. The Balaban J connectivity index is 0.00000705. The van der Waals surface area contributed by atoms with Gasteiger partial charge in [-0.25, -0.2) is 4.99 Å². The molecule has 2 atom stereocenters. The number of amides is 1. The minimum Gasteiger partial charge on any atom is -0.385 e. The van der Waals surface area contributed by atoms with E-state index in [1.54, 1.807) is 17.9 Å². The molecular formula is C34H51F3N6OU. The molecule has 3 rings (SSSR count). The van der Waals surface area contributed by atoms with Crippen molar-refractivity contribution >= 4 is 23.1 Å². The second-order valence-electron chi connectivity index (χ2n) is 11.8. The molecule has 2 aliphatic rings. The molecule has 0 bridgehead atoms. The van der Waals surface area contributed by atoms with Crippen molar-refractivity contribution in [2.24, 2.45) is 10.9 Å². The number of aliphatic imine (C=N–C) groups is 1. The number of nitrogens with zero attached hydrogens (tertiary/aromatic N) is 4. The molecule has 0 aliphatic carbocycles. The minimum absolute atomic E-state index is 0. The summed E-state index contributed by atoms with van der Waals surface area (Å²) in [6.07, 6.45) is 2.51. The van der Waals surface area contributed by atoms with Crippen LogP contribution in [0.3, 0.4) is 0 Å². The van der Waals surface area contributed by atoms with Crippen LogP contribution in [0, 0.1) is 50.9 Å². The first-order valence-electron chi connectivity index (χ1n) is 16.0. The second kappa shape index (κ2) is 19.0. The fourth-order valence-electron chi connectivity index (χ4n) is 5.63. The first-order chi connectivity index (χ1) is 21.0. The molecule has 1 amide bonds. The Labute approximate surface area is 292 Å². The number of piperidine rings is 1. The minimum atomic E-state index is -4.60. The van der Waals surface area contributed by atoms with Gasteiger partial charge in [-0.05, 0) is 63.4 Å². The molecule has 2 unspecified atom stereocenters. The molecule has 45 heavy (non-hydrogen) atoms. The van der Waals surface area contributed by atoms with Crippen LogP contribution in [0.5, 0.6) is 0 Å². The van der Waals surface area contributed by atoms with Crippen LogP contribution in [0.4, 0.5) is 24.5 Å². The van der Waals surface area contributed by atoms with Crippen molar-refractivity contribution in [3.05, 3.63) is 61.2 Å². The van der Waals surface area contributed by atoms with Gasteiger partial charge in [0, 0.05) is 68.5 Å². The van der Waals surface area contributed by atoms with E-state index < -0.39 is 11.7 Å². The van der Waals surface area contributed by atoms with Crippen molar-refractivity contribution < 1.29 is 49.1 Å². The summed E-state index contributed by atoms with van der Waals surface area (Å²) < 4.78 is 42.9. The maximum absolute atomic E-state index is 14.3. The summed E-state index contributed by atoms with van der Waals surface area (Å²) >= 11 is 0. The largest absolute Gasteiger partial charge is 2.00 e. The van der Waals surface area contributed by atoms with Gasteiger partial charge in [-0.1, -0.05) is 38.8 Å². The Morgan fingerprint density at radius 1 is 1.16 bits per heavy atom. The van der Waals surface area contributed by atoms with Gasteiger partial charge >= 0.3 is 37.3 Å². The quantitative estimate of drug-likeness (QED) is 0.0771. The van der Waals surface area contributed by atoms with E-state index in [1.807, 2.05) is 13.0 Å². The normalized spacial score (nSPS) is 20.7. The number of anilines is 2. The maximum atomic E-state index is 14.3. The summed E-state index contributed by atoms with van der Waals surface area (Å²) in [6, 6.07) is 6.07. The average Bonchev–Trinajstić information content (AvgIpc) is 2.99. The Morgan fingerprint density at radius 2 is 1.87 bits per heavy atom.